The third-order valence-electron chi connectivity index (χ3n) is 3.71. The standard InChI is InChI=1S/C20H14N2O2S/c1-13-9-10-14-5-4-7-16(20(14)21-13)24-19(23)12-11-18-22-15-6-2-3-8-17(15)25-18/h2-12H,1H3. The highest BCUT2D eigenvalue weighted by Crippen LogP contribution is 2.25. The topological polar surface area (TPSA) is 52.1 Å². The molecule has 0 unspecified atom stereocenters. The summed E-state index contributed by atoms with van der Waals surface area (Å²) >= 11 is 1.53. The number of thiazole rings is 1. The van der Waals surface area contributed by atoms with Crippen molar-refractivity contribution in [3.63, 3.8) is 0 Å². The predicted molar refractivity (Wildman–Crippen MR) is 101 cm³/mol. The van der Waals surface area contributed by atoms with Crippen LogP contribution in [-0.4, -0.2) is 15.9 Å². The molecule has 5 heteroatoms. The molecule has 0 saturated carbocycles. The van der Waals surface area contributed by atoms with Gasteiger partial charge in [-0.25, -0.2) is 14.8 Å². The molecule has 0 spiro atoms. The van der Waals surface area contributed by atoms with Gasteiger partial charge < -0.3 is 4.74 Å². The maximum Gasteiger partial charge on any atom is 0.336 e. The Labute approximate surface area is 148 Å². The second-order valence-corrected chi connectivity index (χ2v) is 6.62. The first-order chi connectivity index (χ1) is 12.2. The van der Waals surface area contributed by atoms with E-state index in [1.165, 1.54) is 17.4 Å². The number of carbonyl (C=O) groups excluding carboxylic acids is 1. The average molecular weight is 346 g/mol. The molecule has 0 fully saturated rings. The first kappa shape index (κ1) is 15.5. The number of para-hydroxylation sites is 2. The number of nitrogens with zero attached hydrogens (tertiary/aromatic N) is 2. The number of rotatable bonds is 3. The second kappa shape index (κ2) is 6.45. The van der Waals surface area contributed by atoms with Gasteiger partial charge in [-0.3, -0.25) is 0 Å². The van der Waals surface area contributed by atoms with Crippen LogP contribution >= 0.6 is 11.3 Å². The Morgan fingerprint density at radius 2 is 1.92 bits per heavy atom. The minimum atomic E-state index is -0.449. The molecule has 0 aliphatic rings. The number of aromatic nitrogens is 2. The van der Waals surface area contributed by atoms with Crippen molar-refractivity contribution < 1.29 is 9.53 Å². The zero-order chi connectivity index (χ0) is 17.2. The zero-order valence-corrected chi connectivity index (χ0v) is 14.3. The lowest BCUT2D eigenvalue weighted by molar-refractivity contribution is -0.128. The van der Waals surface area contributed by atoms with Crippen molar-refractivity contribution in [1.29, 1.82) is 0 Å². The Hall–Kier alpha value is -3.05. The fourth-order valence-electron chi connectivity index (χ4n) is 2.54. The van der Waals surface area contributed by atoms with Crippen molar-refractivity contribution in [2.45, 2.75) is 6.92 Å². The summed E-state index contributed by atoms with van der Waals surface area (Å²) in [5.74, 6) is 0.00946. The molecule has 0 bridgehead atoms. The molecule has 4 rings (SSSR count). The Morgan fingerprint density at radius 1 is 1.04 bits per heavy atom. The van der Waals surface area contributed by atoms with Gasteiger partial charge in [-0.2, -0.15) is 0 Å². The van der Waals surface area contributed by atoms with Crippen LogP contribution in [0.1, 0.15) is 10.7 Å². The summed E-state index contributed by atoms with van der Waals surface area (Å²) in [4.78, 5) is 21.1. The molecule has 0 atom stereocenters. The van der Waals surface area contributed by atoms with Crippen LogP contribution in [-0.2, 0) is 4.79 Å². The monoisotopic (exact) mass is 346 g/mol. The summed E-state index contributed by atoms with van der Waals surface area (Å²) in [5.41, 5.74) is 2.49. The van der Waals surface area contributed by atoms with E-state index in [0.717, 1.165) is 26.3 Å². The van der Waals surface area contributed by atoms with Crippen molar-refractivity contribution in [3.8, 4) is 5.75 Å². The summed E-state index contributed by atoms with van der Waals surface area (Å²) in [6, 6.07) is 17.3. The summed E-state index contributed by atoms with van der Waals surface area (Å²) in [5, 5.41) is 1.70. The lowest BCUT2D eigenvalue weighted by Gasteiger charge is -2.05. The van der Waals surface area contributed by atoms with Crippen LogP contribution in [0.2, 0.25) is 0 Å². The molecule has 0 aliphatic heterocycles. The molecule has 0 aliphatic carbocycles. The van der Waals surface area contributed by atoms with Gasteiger partial charge in [0.25, 0.3) is 0 Å². The minimum absolute atomic E-state index is 0.449. The van der Waals surface area contributed by atoms with Crippen molar-refractivity contribution in [2.24, 2.45) is 0 Å². The Morgan fingerprint density at radius 3 is 2.80 bits per heavy atom. The molecule has 4 nitrogen and oxygen atoms in total. The Bertz CT molecular complexity index is 1080. The number of benzene rings is 2. The lowest BCUT2D eigenvalue weighted by Crippen LogP contribution is -2.04. The number of esters is 1. The van der Waals surface area contributed by atoms with E-state index in [1.54, 1.807) is 12.1 Å². The SMILES string of the molecule is Cc1ccc2cccc(OC(=O)C=Cc3nc4ccccc4s3)c2n1. The summed E-state index contributed by atoms with van der Waals surface area (Å²) in [7, 11) is 0. The van der Waals surface area contributed by atoms with E-state index in [9.17, 15) is 4.79 Å². The quantitative estimate of drug-likeness (QED) is 0.304. The maximum atomic E-state index is 12.2. The van der Waals surface area contributed by atoms with E-state index in [2.05, 4.69) is 9.97 Å². The average Bonchev–Trinajstić information content (AvgIpc) is 3.03. The largest absolute Gasteiger partial charge is 0.421 e. The van der Waals surface area contributed by atoms with Crippen LogP contribution in [0, 0.1) is 6.92 Å². The maximum absolute atomic E-state index is 12.2. The van der Waals surface area contributed by atoms with E-state index in [0.29, 0.717) is 11.3 Å². The highest BCUT2D eigenvalue weighted by atomic mass is 32.1. The second-order valence-electron chi connectivity index (χ2n) is 5.55. The normalized spacial score (nSPS) is 11.4. The molecule has 0 radical (unpaired) electrons. The smallest absolute Gasteiger partial charge is 0.336 e. The van der Waals surface area contributed by atoms with Crippen LogP contribution < -0.4 is 4.74 Å². The third-order valence-corrected chi connectivity index (χ3v) is 4.71. The van der Waals surface area contributed by atoms with Gasteiger partial charge >= 0.3 is 5.97 Å². The molecule has 25 heavy (non-hydrogen) atoms. The van der Waals surface area contributed by atoms with E-state index in [-0.39, 0.29) is 0 Å². The van der Waals surface area contributed by atoms with Crippen LogP contribution in [0.15, 0.2) is 60.7 Å². The van der Waals surface area contributed by atoms with Crippen LogP contribution in [0.4, 0.5) is 0 Å². The van der Waals surface area contributed by atoms with Gasteiger partial charge in [-0.05, 0) is 37.3 Å². The number of aryl methyl sites for hydroxylation is 1. The van der Waals surface area contributed by atoms with Gasteiger partial charge in [-0.1, -0.05) is 30.3 Å². The Balaban J connectivity index is 1.57. The fourth-order valence-corrected chi connectivity index (χ4v) is 3.41. The van der Waals surface area contributed by atoms with Crippen molar-refractivity contribution >= 4 is 44.5 Å². The van der Waals surface area contributed by atoms with E-state index in [1.807, 2.05) is 55.5 Å². The van der Waals surface area contributed by atoms with Crippen LogP contribution in [0.25, 0.3) is 27.2 Å². The highest BCUT2D eigenvalue weighted by Gasteiger charge is 2.08. The molecular formula is C20H14N2O2S. The highest BCUT2D eigenvalue weighted by molar-refractivity contribution is 7.19. The van der Waals surface area contributed by atoms with E-state index in [4.69, 9.17) is 4.74 Å². The summed E-state index contributed by atoms with van der Waals surface area (Å²) in [6.07, 6.45) is 3.07. The van der Waals surface area contributed by atoms with Crippen molar-refractivity contribution in [1.82, 2.24) is 9.97 Å². The molecule has 2 aromatic carbocycles. The Kier molecular flexibility index (Phi) is 3.99. The molecule has 4 aromatic rings. The molecule has 2 aromatic heterocycles. The van der Waals surface area contributed by atoms with Gasteiger partial charge in [0.15, 0.2) is 5.75 Å². The summed E-state index contributed by atoms with van der Waals surface area (Å²) < 4.78 is 6.55. The molecule has 0 saturated heterocycles. The number of hydrogen-bond acceptors (Lipinski definition) is 5. The number of fused-ring (bicyclic) bond motifs is 2. The predicted octanol–water partition coefficient (Wildman–Crippen LogP) is 4.77. The molecular weight excluding hydrogens is 332 g/mol. The van der Waals surface area contributed by atoms with Crippen LogP contribution in [0.3, 0.4) is 0 Å². The number of hydrogen-bond donors (Lipinski definition) is 0. The fraction of sp³-hybridized carbons (Fsp3) is 0.0500. The number of ether oxygens (including phenoxy) is 1. The van der Waals surface area contributed by atoms with Gasteiger partial charge in [-0.15, -0.1) is 11.3 Å². The van der Waals surface area contributed by atoms with Crippen molar-refractivity contribution in [2.75, 3.05) is 0 Å². The summed E-state index contributed by atoms with van der Waals surface area (Å²) in [6.45, 7) is 1.91. The first-order valence-electron chi connectivity index (χ1n) is 7.81. The van der Waals surface area contributed by atoms with Gasteiger partial charge in [0, 0.05) is 17.2 Å². The van der Waals surface area contributed by atoms with Crippen molar-refractivity contribution in [3.05, 3.63) is 71.4 Å². The first-order valence-corrected chi connectivity index (χ1v) is 8.62. The lowest BCUT2D eigenvalue weighted by atomic mass is 10.2. The van der Waals surface area contributed by atoms with Gasteiger partial charge in [0.05, 0.1) is 10.2 Å². The third kappa shape index (κ3) is 3.27. The molecule has 2 heterocycles. The minimum Gasteiger partial charge on any atom is -0.421 e. The van der Waals surface area contributed by atoms with Crippen LogP contribution in [0.5, 0.6) is 5.75 Å². The number of carbonyl (C=O) groups is 1. The molecule has 0 N–H and O–H groups in total. The van der Waals surface area contributed by atoms with Gasteiger partial charge in [0.1, 0.15) is 10.5 Å². The molecule has 0 amide bonds. The zero-order valence-electron chi connectivity index (χ0n) is 13.5. The molecule has 122 valence electrons. The number of pyridine rings is 1. The van der Waals surface area contributed by atoms with E-state index < -0.39 is 5.97 Å². The van der Waals surface area contributed by atoms with E-state index >= 15 is 0 Å². The van der Waals surface area contributed by atoms with Gasteiger partial charge in [0.2, 0.25) is 0 Å².